The highest BCUT2D eigenvalue weighted by molar-refractivity contribution is 5.77. The van der Waals surface area contributed by atoms with Crippen LogP contribution in [0, 0.1) is 11.5 Å². The van der Waals surface area contributed by atoms with Gasteiger partial charge in [0, 0.05) is 6.54 Å². The second-order valence-corrected chi connectivity index (χ2v) is 3.55. The fraction of sp³-hybridized carbons (Fsp3) is 0.385. The molecule has 4 heteroatoms. The largest absolute Gasteiger partial charge is 0.425 e. The third-order valence-electron chi connectivity index (χ3n) is 2.14. The molecule has 0 aromatic heterocycles. The van der Waals surface area contributed by atoms with E-state index in [9.17, 15) is 0 Å². The summed E-state index contributed by atoms with van der Waals surface area (Å²) in [4.78, 5) is 4.21. The van der Waals surface area contributed by atoms with Crippen LogP contribution in [-0.2, 0) is 0 Å². The van der Waals surface area contributed by atoms with Gasteiger partial charge in [0.15, 0.2) is 6.19 Å². The number of aliphatic imine (C=N–C) groups is 1. The first-order valence-electron chi connectivity index (χ1n) is 5.79. The number of benzene rings is 1. The lowest BCUT2D eigenvalue weighted by molar-refractivity contribution is 0.524. The molecule has 0 bridgehead atoms. The maximum absolute atomic E-state index is 8.60. The summed E-state index contributed by atoms with van der Waals surface area (Å²) >= 11 is 0. The number of unbranched alkanes of at least 4 members (excludes halogenated alkanes) is 2. The van der Waals surface area contributed by atoms with Gasteiger partial charge >= 0.3 is 6.02 Å². The van der Waals surface area contributed by atoms with Crippen LogP contribution in [0.3, 0.4) is 0 Å². The Kier molecular flexibility index (Phi) is 6.27. The van der Waals surface area contributed by atoms with Gasteiger partial charge in [0.1, 0.15) is 5.75 Å². The molecule has 1 N–H and O–H groups in total. The van der Waals surface area contributed by atoms with Crippen LogP contribution in [0.1, 0.15) is 26.2 Å². The number of hydrogen-bond acceptors (Lipinski definition) is 3. The number of nitrogens with zero attached hydrogens (tertiary/aromatic N) is 2. The zero-order valence-corrected chi connectivity index (χ0v) is 10.0. The van der Waals surface area contributed by atoms with Gasteiger partial charge in [0.25, 0.3) is 0 Å². The Bertz CT molecular complexity index is 381. The van der Waals surface area contributed by atoms with E-state index < -0.39 is 0 Å². The molecule has 0 spiro atoms. The summed E-state index contributed by atoms with van der Waals surface area (Å²) in [5.41, 5.74) is 0. The molecule has 0 aliphatic carbocycles. The lowest BCUT2D eigenvalue weighted by Gasteiger charge is -2.06. The minimum absolute atomic E-state index is 0.259. The van der Waals surface area contributed by atoms with E-state index in [1.165, 1.54) is 0 Å². The fourth-order valence-electron chi connectivity index (χ4n) is 1.29. The zero-order chi connectivity index (χ0) is 12.3. The van der Waals surface area contributed by atoms with Crippen LogP contribution in [0.4, 0.5) is 0 Å². The van der Waals surface area contributed by atoms with Gasteiger partial charge in [-0.25, -0.2) is 10.3 Å². The van der Waals surface area contributed by atoms with Crippen LogP contribution >= 0.6 is 0 Å². The van der Waals surface area contributed by atoms with Crippen LogP contribution in [0.5, 0.6) is 5.75 Å². The maximum Gasteiger partial charge on any atom is 0.303 e. The first kappa shape index (κ1) is 13.0. The van der Waals surface area contributed by atoms with Gasteiger partial charge in [0.05, 0.1) is 0 Å². The van der Waals surface area contributed by atoms with E-state index in [-0.39, 0.29) is 6.02 Å². The molecule has 1 aromatic rings. The van der Waals surface area contributed by atoms with Crippen molar-refractivity contribution < 1.29 is 4.74 Å². The number of nitriles is 1. The summed E-state index contributed by atoms with van der Waals surface area (Å²) in [6.45, 7) is 2.81. The summed E-state index contributed by atoms with van der Waals surface area (Å²) in [7, 11) is 0. The van der Waals surface area contributed by atoms with Crippen LogP contribution < -0.4 is 10.1 Å². The third kappa shape index (κ3) is 5.57. The minimum atomic E-state index is 0.259. The van der Waals surface area contributed by atoms with Gasteiger partial charge in [-0.15, -0.1) is 0 Å². The number of para-hydroxylation sites is 1. The molecule has 0 aliphatic heterocycles. The van der Waals surface area contributed by atoms with E-state index in [0.717, 1.165) is 19.3 Å². The molecule has 1 aromatic carbocycles. The predicted molar refractivity (Wildman–Crippen MR) is 67.6 cm³/mol. The van der Waals surface area contributed by atoms with Crippen molar-refractivity contribution in [2.24, 2.45) is 4.99 Å². The molecule has 0 saturated carbocycles. The molecule has 0 fully saturated rings. The third-order valence-corrected chi connectivity index (χ3v) is 2.14. The van der Waals surface area contributed by atoms with Gasteiger partial charge in [0.2, 0.25) is 0 Å². The average molecular weight is 231 g/mol. The number of ether oxygens (including phenoxy) is 1. The molecular formula is C13H17N3O. The summed E-state index contributed by atoms with van der Waals surface area (Å²) < 4.78 is 5.45. The highest BCUT2D eigenvalue weighted by Crippen LogP contribution is 2.08. The molecule has 90 valence electrons. The second-order valence-electron chi connectivity index (χ2n) is 3.55. The van der Waals surface area contributed by atoms with E-state index in [1.807, 2.05) is 36.5 Å². The topological polar surface area (TPSA) is 57.4 Å². The second kappa shape index (κ2) is 8.17. The van der Waals surface area contributed by atoms with Crippen molar-refractivity contribution in [3.8, 4) is 11.9 Å². The van der Waals surface area contributed by atoms with Crippen LogP contribution in [0.2, 0.25) is 0 Å². The van der Waals surface area contributed by atoms with Crippen molar-refractivity contribution in [2.75, 3.05) is 6.54 Å². The summed E-state index contributed by atoms with van der Waals surface area (Å²) in [6.07, 6.45) is 5.11. The van der Waals surface area contributed by atoms with E-state index in [4.69, 9.17) is 10.00 Å². The molecule has 0 aliphatic rings. The quantitative estimate of drug-likeness (QED) is 0.279. The Morgan fingerprint density at radius 1 is 1.35 bits per heavy atom. The van der Waals surface area contributed by atoms with Gasteiger partial charge in [-0.3, -0.25) is 0 Å². The molecule has 4 nitrogen and oxygen atoms in total. The van der Waals surface area contributed by atoms with E-state index >= 15 is 0 Å². The minimum Gasteiger partial charge on any atom is -0.425 e. The van der Waals surface area contributed by atoms with Crippen LogP contribution in [0.15, 0.2) is 35.3 Å². The Morgan fingerprint density at radius 3 is 2.76 bits per heavy atom. The first-order chi connectivity index (χ1) is 8.36. The lowest BCUT2D eigenvalue weighted by Crippen LogP contribution is -2.24. The van der Waals surface area contributed by atoms with Gasteiger partial charge in [-0.1, -0.05) is 38.0 Å². The molecule has 0 saturated heterocycles. The van der Waals surface area contributed by atoms with Crippen molar-refractivity contribution in [2.45, 2.75) is 26.2 Å². The molecule has 1 rings (SSSR count). The smallest absolute Gasteiger partial charge is 0.303 e. The van der Waals surface area contributed by atoms with Crippen molar-refractivity contribution in [1.29, 1.82) is 5.26 Å². The predicted octanol–water partition coefficient (Wildman–Crippen LogP) is 2.68. The van der Waals surface area contributed by atoms with Crippen molar-refractivity contribution in [3.05, 3.63) is 30.3 Å². The molecule has 0 unspecified atom stereocenters. The van der Waals surface area contributed by atoms with Gasteiger partial charge in [-0.2, -0.15) is 5.26 Å². The summed E-state index contributed by atoms with van der Waals surface area (Å²) in [5, 5.41) is 11.0. The zero-order valence-electron chi connectivity index (χ0n) is 10.0. The number of nitrogens with one attached hydrogen (secondary N) is 1. The molecule has 0 radical (unpaired) electrons. The summed E-state index contributed by atoms with van der Waals surface area (Å²) in [6, 6.07) is 9.55. The average Bonchev–Trinajstić information content (AvgIpc) is 2.36. The van der Waals surface area contributed by atoms with Crippen molar-refractivity contribution in [3.63, 3.8) is 0 Å². The van der Waals surface area contributed by atoms with E-state index in [2.05, 4.69) is 17.2 Å². The number of rotatable bonds is 5. The number of hydrogen-bond donors (Lipinski definition) is 1. The standard InChI is InChI=1S/C13H17N3O/c1-2-3-7-10-15-13(16-11-14)17-12-8-5-4-6-9-12/h4-6,8-9H,2-3,7,10H2,1H3,(H,15,16). The van der Waals surface area contributed by atoms with Gasteiger partial charge in [-0.05, 0) is 18.6 Å². The van der Waals surface area contributed by atoms with Crippen molar-refractivity contribution in [1.82, 2.24) is 5.32 Å². The molecule has 0 atom stereocenters. The molecule has 0 heterocycles. The fourth-order valence-corrected chi connectivity index (χ4v) is 1.29. The Labute approximate surface area is 102 Å². The molecular weight excluding hydrogens is 214 g/mol. The van der Waals surface area contributed by atoms with E-state index in [0.29, 0.717) is 12.3 Å². The summed E-state index contributed by atoms with van der Waals surface area (Å²) in [5.74, 6) is 0.671. The van der Waals surface area contributed by atoms with Crippen LogP contribution in [0.25, 0.3) is 0 Å². The first-order valence-corrected chi connectivity index (χ1v) is 5.79. The maximum atomic E-state index is 8.60. The molecule has 0 amide bonds. The highest BCUT2D eigenvalue weighted by Gasteiger charge is 2.00. The Balaban J connectivity index is 2.51. The lowest BCUT2D eigenvalue weighted by atomic mass is 10.2. The van der Waals surface area contributed by atoms with E-state index in [1.54, 1.807) is 0 Å². The highest BCUT2D eigenvalue weighted by atomic mass is 16.5. The van der Waals surface area contributed by atoms with Crippen molar-refractivity contribution >= 4 is 6.02 Å². The Hall–Kier alpha value is -2.02. The SMILES string of the molecule is CCCCCN=C(NC#N)Oc1ccccc1. The van der Waals surface area contributed by atoms with Crippen LogP contribution in [-0.4, -0.2) is 12.6 Å². The Morgan fingerprint density at radius 2 is 2.12 bits per heavy atom. The monoisotopic (exact) mass is 231 g/mol. The normalized spacial score (nSPS) is 10.7. The number of amidine groups is 1. The molecule has 17 heavy (non-hydrogen) atoms. The van der Waals surface area contributed by atoms with Gasteiger partial charge < -0.3 is 4.74 Å².